The van der Waals surface area contributed by atoms with E-state index in [0.29, 0.717) is 23.5 Å². The molecular formula is C18H28ClN3O3S. The molecule has 0 radical (unpaired) electrons. The van der Waals surface area contributed by atoms with Crippen molar-refractivity contribution in [3.05, 3.63) is 29.8 Å². The number of halogens is 1. The molecule has 6 nitrogen and oxygen atoms in total. The average Bonchev–Trinajstić information content (AvgIpc) is 3.45. The monoisotopic (exact) mass is 401 g/mol. The van der Waals surface area contributed by atoms with Crippen LogP contribution in [-0.2, 0) is 21.4 Å². The highest BCUT2D eigenvalue weighted by molar-refractivity contribution is 7.89. The number of piperidine rings is 1. The van der Waals surface area contributed by atoms with Crippen LogP contribution < -0.4 is 10.6 Å². The summed E-state index contributed by atoms with van der Waals surface area (Å²) in [6.45, 7) is 2.54. The standard InChI is InChI=1S/C18H27N3O3S.ClH/c22-18(14-19-12-15-8-9-15)20-13-16-6-2-3-7-17(16)25(23,24)21-10-4-1-5-11-21;/h2-3,6-7,15,19H,1,4-5,8-14H2,(H,20,22);1H. The van der Waals surface area contributed by atoms with Gasteiger partial charge in [-0.1, -0.05) is 24.6 Å². The van der Waals surface area contributed by atoms with E-state index in [1.165, 1.54) is 12.8 Å². The Bertz CT molecular complexity index is 701. The first kappa shape index (κ1) is 21.2. The number of hydrogen-bond donors (Lipinski definition) is 2. The van der Waals surface area contributed by atoms with Gasteiger partial charge in [0, 0.05) is 19.6 Å². The molecule has 2 fully saturated rings. The number of hydrogen-bond acceptors (Lipinski definition) is 4. The predicted octanol–water partition coefficient (Wildman–Crippen LogP) is 1.90. The van der Waals surface area contributed by atoms with Crippen LogP contribution in [0, 0.1) is 5.92 Å². The van der Waals surface area contributed by atoms with Crippen molar-refractivity contribution in [2.45, 2.75) is 43.5 Å². The van der Waals surface area contributed by atoms with Gasteiger partial charge in [0.25, 0.3) is 0 Å². The van der Waals surface area contributed by atoms with Gasteiger partial charge in [-0.25, -0.2) is 8.42 Å². The summed E-state index contributed by atoms with van der Waals surface area (Å²) in [5.41, 5.74) is 0.642. The van der Waals surface area contributed by atoms with Gasteiger partial charge in [0.05, 0.1) is 11.4 Å². The molecule has 0 spiro atoms. The Morgan fingerprint density at radius 3 is 2.50 bits per heavy atom. The Hall–Kier alpha value is -1.15. The van der Waals surface area contributed by atoms with Crippen molar-refractivity contribution in [2.24, 2.45) is 5.92 Å². The molecule has 146 valence electrons. The van der Waals surface area contributed by atoms with Gasteiger partial charge in [0.15, 0.2) is 0 Å². The molecule has 1 heterocycles. The second-order valence-electron chi connectivity index (χ2n) is 6.92. The third-order valence-electron chi connectivity index (χ3n) is 4.80. The third-order valence-corrected chi connectivity index (χ3v) is 6.80. The van der Waals surface area contributed by atoms with E-state index in [2.05, 4.69) is 10.6 Å². The summed E-state index contributed by atoms with van der Waals surface area (Å²) in [6, 6.07) is 6.95. The zero-order valence-electron chi connectivity index (χ0n) is 14.9. The molecule has 1 aromatic carbocycles. The maximum atomic E-state index is 12.9. The van der Waals surface area contributed by atoms with Gasteiger partial charge >= 0.3 is 0 Å². The minimum Gasteiger partial charge on any atom is -0.351 e. The topological polar surface area (TPSA) is 78.5 Å². The summed E-state index contributed by atoms with van der Waals surface area (Å²) in [7, 11) is -3.49. The Morgan fingerprint density at radius 1 is 1.12 bits per heavy atom. The lowest BCUT2D eigenvalue weighted by atomic mass is 10.2. The molecule has 8 heteroatoms. The molecule has 3 rings (SSSR count). The molecule has 1 aromatic rings. The first-order valence-corrected chi connectivity index (χ1v) is 10.6. The number of sulfonamides is 1. The molecule has 2 aliphatic rings. The first-order valence-electron chi connectivity index (χ1n) is 9.13. The smallest absolute Gasteiger partial charge is 0.243 e. The summed E-state index contributed by atoms with van der Waals surface area (Å²) in [4.78, 5) is 12.3. The number of carbonyl (C=O) groups excluding carboxylic acids is 1. The van der Waals surface area contributed by atoms with Gasteiger partial charge in [-0.2, -0.15) is 4.31 Å². The third kappa shape index (κ3) is 5.67. The van der Waals surface area contributed by atoms with E-state index in [9.17, 15) is 13.2 Å². The van der Waals surface area contributed by atoms with E-state index in [1.54, 1.807) is 22.5 Å². The molecular weight excluding hydrogens is 374 g/mol. The summed E-state index contributed by atoms with van der Waals surface area (Å²) in [6.07, 6.45) is 5.39. The molecule has 1 saturated carbocycles. The molecule has 1 aliphatic carbocycles. The second kappa shape index (κ2) is 9.69. The number of carbonyl (C=O) groups is 1. The fourth-order valence-electron chi connectivity index (χ4n) is 3.11. The maximum absolute atomic E-state index is 12.9. The van der Waals surface area contributed by atoms with E-state index in [-0.39, 0.29) is 31.4 Å². The Balaban J connectivity index is 0.00000243. The molecule has 1 amide bonds. The molecule has 0 aromatic heterocycles. The van der Waals surface area contributed by atoms with Crippen molar-refractivity contribution in [1.29, 1.82) is 0 Å². The quantitative estimate of drug-likeness (QED) is 0.697. The maximum Gasteiger partial charge on any atom is 0.243 e. The van der Waals surface area contributed by atoms with Crippen molar-refractivity contribution in [3.8, 4) is 0 Å². The lowest BCUT2D eigenvalue weighted by molar-refractivity contribution is -0.120. The number of benzene rings is 1. The second-order valence-corrected chi connectivity index (χ2v) is 8.83. The number of nitrogens with zero attached hydrogens (tertiary/aromatic N) is 1. The minimum atomic E-state index is -3.49. The predicted molar refractivity (Wildman–Crippen MR) is 104 cm³/mol. The van der Waals surface area contributed by atoms with E-state index in [4.69, 9.17) is 0 Å². The van der Waals surface area contributed by atoms with Crippen molar-refractivity contribution >= 4 is 28.3 Å². The highest BCUT2D eigenvalue weighted by Crippen LogP contribution is 2.27. The van der Waals surface area contributed by atoms with Crippen molar-refractivity contribution in [1.82, 2.24) is 14.9 Å². The highest BCUT2D eigenvalue weighted by Gasteiger charge is 2.28. The van der Waals surface area contributed by atoms with Crippen LogP contribution in [0.4, 0.5) is 0 Å². The molecule has 26 heavy (non-hydrogen) atoms. The van der Waals surface area contributed by atoms with Crippen LogP contribution in [0.15, 0.2) is 29.2 Å². The van der Waals surface area contributed by atoms with Crippen LogP contribution in [-0.4, -0.2) is 44.8 Å². The molecule has 0 unspecified atom stereocenters. The van der Waals surface area contributed by atoms with Gasteiger partial charge in [0.2, 0.25) is 15.9 Å². The Morgan fingerprint density at radius 2 is 1.81 bits per heavy atom. The number of nitrogens with one attached hydrogen (secondary N) is 2. The average molecular weight is 402 g/mol. The van der Waals surface area contributed by atoms with Crippen LogP contribution in [0.5, 0.6) is 0 Å². The van der Waals surface area contributed by atoms with Gasteiger partial charge in [-0.3, -0.25) is 4.79 Å². The summed E-state index contributed by atoms with van der Waals surface area (Å²) >= 11 is 0. The van der Waals surface area contributed by atoms with Crippen molar-refractivity contribution in [2.75, 3.05) is 26.2 Å². The van der Waals surface area contributed by atoms with Gasteiger partial charge in [-0.05, 0) is 49.8 Å². The van der Waals surface area contributed by atoms with E-state index in [0.717, 1.165) is 31.7 Å². The zero-order chi connectivity index (χ0) is 17.7. The lowest BCUT2D eigenvalue weighted by Gasteiger charge is -2.26. The van der Waals surface area contributed by atoms with Gasteiger partial charge in [-0.15, -0.1) is 12.4 Å². The number of amides is 1. The van der Waals surface area contributed by atoms with Crippen LogP contribution in [0.2, 0.25) is 0 Å². The van der Waals surface area contributed by atoms with E-state index < -0.39 is 10.0 Å². The van der Waals surface area contributed by atoms with Crippen molar-refractivity contribution in [3.63, 3.8) is 0 Å². The van der Waals surface area contributed by atoms with Gasteiger partial charge in [0.1, 0.15) is 0 Å². The summed E-state index contributed by atoms with van der Waals surface area (Å²) in [5.74, 6) is 0.619. The first-order chi connectivity index (χ1) is 12.1. The van der Waals surface area contributed by atoms with Crippen LogP contribution in [0.25, 0.3) is 0 Å². The van der Waals surface area contributed by atoms with Crippen LogP contribution in [0.3, 0.4) is 0 Å². The fraction of sp³-hybridized carbons (Fsp3) is 0.611. The van der Waals surface area contributed by atoms with Crippen LogP contribution in [0.1, 0.15) is 37.7 Å². The minimum absolute atomic E-state index is 0. The van der Waals surface area contributed by atoms with Gasteiger partial charge < -0.3 is 10.6 Å². The Kier molecular flexibility index (Phi) is 7.88. The highest BCUT2D eigenvalue weighted by atomic mass is 35.5. The molecule has 1 saturated heterocycles. The van der Waals surface area contributed by atoms with Crippen LogP contribution >= 0.6 is 12.4 Å². The SMILES string of the molecule is Cl.O=C(CNCC1CC1)NCc1ccccc1S(=O)(=O)N1CCCCC1. The van der Waals surface area contributed by atoms with E-state index in [1.807, 2.05) is 6.07 Å². The molecule has 2 N–H and O–H groups in total. The van der Waals surface area contributed by atoms with E-state index >= 15 is 0 Å². The van der Waals surface area contributed by atoms with Crippen molar-refractivity contribution < 1.29 is 13.2 Å². The normalized spacial score (nSPS) is 18.2. The largest absolute Gasteiger partial charge is 0.351 e. The Labute approximate surface area is 162 Å². The lowest BCUT2D eigenvalue weighted by Crippen LogP contribution is -2.37. The number of rotatable bonds is 8. The molecule has 0 bridgehead atoms. The zero-order valence-corrected chi connectivity index (χ0v) is 16.6. The summed E-state index contributed by atoms with van der Waals surface area (Å²) in [5, 5.41) is 5.97. The molecule has 0 atom stereocenters. The fourth-order valence-corrected chi connectivity index (χ4v) is 4.85. The summed E-state index contributed by atoms with van der Waals surface area (Å²) < 4.78 is 27.4. The molecule has 1 aliphatic heterocycles.